The highest BCUT2D eigenvalue weighted by Gasteiger charge is 2.10. The number of hydrogen-bond acceptors (Lipinski definition) is 2. The van der Waals surface area contributed by atoms with Crippen LogP contribution in [0.1, 0.15) is 17.3 Å². The first-order chi connectivity index (χ1) is 5.61. The smallest absolute Gasteiger partial charge is 0.228 e. The normalized spacial score (nSPS) is 9.50. The van der Waals surface area contributed by atoms with Gasteiger partial charge in [-0.25, -0.2) is 0 Å². The maximum absolute atomic E-state index is 11.1. The summed E-state index contributed by atoms with van der Waals surface area (Å²) in [6, 6.07) is 6.33. The highest BCUT2D eigenvalue weighted by atomic mass is 35.5. The summed E-state index contributed by atoms with van der Waals surface area (Å²) in [5.41, 5.74) is 0.343. The van der Waals surface area contributed by atoms with E-state index in [9.17, 15) is 9.59 Å². The van der Waals surface area contributed by atoms with E-state index in [0.717, 1.165) is 0 Å². The second-order valence-corrected chi connectivity index (χ2v) is 2.83. The molecule has 0 atom stereocenters. The average molecular weight is 183 g/mol. The molecule has 0 saturated heterocycles. The van der Waals surface area contributed by atoms with Crippen molar-refractivity contribution in [2.45, 2.75) is 6.92 Å². The van der Waals surface area contributed by atoms with E-state index in [-0.39, 0.29) is 0 Å². The topological polar surface area (TPSA) is 34.1 Å². The Kier molecular flexibility index (Phi) is 2.61. The lowest BCUT2D eigenvalue weighted by molar-refractivity contribution is -0.113. The van der Waals surface area contributed by atoms with Crippen molar-refractivity contribution in [3.63, 3.8) is 0 Å². The maximum Gasteiger partial charge on any atom is 0.228 e. The molecule has 0 amide bonds. The van der Waals surface area contributed by atoms with Gasteiger partial charge in [-0.15, -0.1) is 0 Å². The van der Waals surface area contributed by atoms with E-state index in [0.29, 0.717) is 10.6 Å². The Bertz CT molecular complexity index is 331. The molecule has 0 saturated carbocycles. The van der Waals surface area contributed by atoms with Crippen molar-refractivity contribution in [1.82, 2.24) is 0 Å². The summed E-state index contributed by atoms with van der Waals surface area (Å²) in [7, 11) is 0. The zero-order valence-corrected chi connectivity index (χ0v) is 7.26. The van der Waals surface area contributed by atoms with Crippen LogP contribution in [0.25, 0.3) is 0 Å². The summed E-state index contributed by atoms with van der Waals surface area (Å²) in [6.45, 7) is 1.24. The molecule has 0 heterocycles. The number of rotatable bonds is 2. The Morgan fingerprint density at radius 2 is 2.00 bits per heavy atom. The van der Waals surface area contributed by atoms with Crippen LogP contribution < -0.4 is 0 Å². The summed E-state index contributed by atoms with van der Waals surface area (Å²) in [4.78, 5) is 21.8. The predicted molar refractivity (Wildman–Crippen MR) is 46.5 cm³/mol. The summed E-state index contributed by atoms with van der Waals surface area (Å²) in [5.74, 6) is -0.977. The van der Waals surface area contributed by atoms with Crippen molar-refractivity contribution < 1.29 is 9.59 Å². The second kappa shape index (κ2) is 3.50. The molecule has 0 unspecified atom stereocenters. The Balaban J connectivity index is 3.04. The van der Waals surface area contributed by atoms with E-state index in [1.54, 1.807) is 18.2 Å². The van der Waals surface area contributed by atoms with Gasteiger partial charge in [-0.3, -0.25) is 9.59 Å². The molecular formula is C9H7ClO2. The minimum Gasteiger partial charge on any atom is -0.291 e. The molecule has 0 radical (unpaired) electrons. The standard InChI is InChI=1S/C9H7ClO2/c1-6(11)9(12)7-3-2-4-8(10)5-7/h2-5H,1H3. The van der Waals surface area contributed by atoms with Crippen LogP contribution in [0.3, 0.4) is 0 Å². The van der Waals surface area contributed by atoms with Gasteiger partial charge in [0.2, 0.25) is 5.78 Å². The fraction of sp³-hybridized carbons (Fsp3) is 0.111. The summed E-state index contributed by atoms with van der Waals surface area (Å²) in [6.07, 6.45) is 0. The van der Waals surface area contributed by atoms with Crippen LogP contribution in [-0.4, -0.2) is 11.6 Å². The first-order valence-corrected chi connectivity index (χ1v) is 3.80. The van der Waals surface area contributed by atoms with Crippen molar-refractivity contribution >= 4 is 23.2 Å². The molecule has 62 valence electrons. The lowest BCUT2D eigenvalue weighted by Gasteiger charge is -1.95. The van der Waals surface area contributed by atoms with Crippen molar-refractivity contribution in [2.75, 3.05) is 0 Å². The van der Waals surface area contributed by atoms with Gasteiger partial charge in [0.15, 0.2) is 5.78 Å². The van der Waals surface area contributed by atoms with Crippen LogP contribution in [0.4, 0.5) is 0 Å². The predicted octanol–water partition coefficient (Wildman–Crippen LogP) is 2.11. The Hall–Kier alpha value is -1.15. The van der Waals surface area contributed by atoms with Gasteiger partial charge < -0.3 is 0 Å². The fourth-order valence-electron chi connectivity index (χ4n) is 0.833. The van der Waals surface area contributed by atoms with Gasteiger partial charge in [0.1, 0.15) is 0 Å². The SMILES string of the molecule is CC(=O)C(=O)c1cccc(Cl)c1. The Labute approximate surface area is 75.2 Å². The average Bonchev–Trinajstić information content (AvgIpc) is 2.03. The van der Waals surface area contributed by atoms with Gasteiger partial charge >= 0.3 is 0 Å². The van der Waals surface area contributed by atoms with Gasteiger partial charge in [-0.1, -0.05) is 23.7 Å². The van der Waals surface area contributed by atoms with Gasteiger partial charge in [-0.05, 0) is 12.1 Å². The van der Waals surface area contributed by atoms with Crippen molar-refractivity contribution in [1.29, 1.82) is 0 Å². The monoisotopic (exact) mass is 182 g/mol. The number of Topliss-reactive ketones (excluding diaryl/α,β-unsaturated/α-hetero) is 2. The Morgan fingerprint density at radius 1 is 1.33 bits per heavy atom. The molecule has 2 nitrogen and oxygen atoms in total. The number of halogens is 1. The molecule has 0 aliphatic carbocycles. The number of ketones is 2. The van der Waals surface area contributed by atoms with Crippen LogP contribution in [0.15, 0.2) is 24.3 Å². The minimum atomic E-state index is -0.502. The molecule has 1 rings (SSSR count). The van der Waals surface area contributed by atoms with E-state index in [1.165, 1.54) is 13.0 Å². The molecule has 3 heteroatoms. The number of carbonyl (C=O) groups is 2. The third-order valence-electron chi connectivity index (χ3n) is 1.41. The van der Waals surface area contributed by atoms with Crippen LogP contribution in [0.5, 0.6) is 0 Å². The zero-order valence-electron chi connectivity index (χ0n) is 6.50. The first-order valence-electron chi connectivity index (χ1n) is 3.42. The molecular weight excluding hydrogens is 176 g/mol. The fourth-order valence-corrected chi connectivity index (χ4v) is 1.02. The largest absolute Gasteiger partial charge is 0.291 e. The van der Waals surface area contributed by atoms with Crippen LogP contribution >= 0.6 is 11.6 Å². The van der Waals surface area contributed by atoms with Gasteiger partial charge in [0, 0.05) is 17.5 Å². The molecule has 0 aliphatic heterocycles. The van der Waals surface area contributed by atoms with E-state index in [4.69, 9.17) is 11.6 Å². The number of carbonyl (C=O) groups excluding carboxylic acids is 2. The second-order valence-electron chi connectivity index (χ2n) is 2.40. The highest BCUT2D eigenvalue weighted by Crippen LogP contribution is 2.11. The molecule has 12 heavy (non-hydrogen) atoms. The number of hydrogen-bond donors (Lipinski definition) is 0. The van der Waals surface area contributed by atoms with E-state index in [2.05, 4.69) is 0 Å². The highest BCUT2D eigenvalue weighted by molar-refractivity contribution is 6.43. The van der Waals surface area contributed by atoms with Gasteiger partial charge in [-0.2, -0.15) is 0 Å². The maximum atomic E-state index is 11.1. The van der Waals surface area contributed by atoms with Crippen LogP contribution in [0.2, 0.25) is 5.02 Å². The molecule has 1 aromatic rings. The summed E-state index contributed by atoms with van der Waals surface area (Å²) >= 11 is 5.63. The molecule has 0 aliphatic rings. The quantitative estimate of drug-likeness (QED) is 0.519. The third kappa shape index (κ3) is 1.92. The summed E-state index contributed by atoms with van der Waals surface area (Å²) in [5, 5.41) is 0.460. The molecule has 1 aromatic carbocycles. The van der Waals surface area contributed by atoms with Crippen molar-refractivity contribution in [3.8, 4) is 0 Å². The van der Waals surface area contributed by atoms with Gasteiger partial charge in [0.05, 0.1) is 0 Å². The van der Waals surface area contributed by atoms with Crippen molar-refractivity contribution in [3.05, 3.63) is 34.9 Å². The third-order valence-corrected chi connectivity index (χ3v) is 1.64. The first kappa shape index (κ1) is 8.94. The van der Waals surface area contributed by atoms with E-state index >= 15 is 0 Å². The molecule has 0 aromatic heterocycles. The lowest BCUT2D eigenvalue weighted by Crippen LogP contribution is -2.09. The number of benzene rings is 1. The minimum absolute atomic E-state index is 0.343. The molecule has 0 N–H and O–H groups in total. The van der Waals surface area contributed by atoms with Crippen LogP contribution in [-0.2, 0) is 4.79 Å². The van der Waals surface area contributed by atoms with Crippen LogP contribution in [0, 0.1) is 0 Å². The Morgan fingerprint density at radius 3 is 2.50 bits per heavy atom. The lowest BCUT2D eigenvalue weighted by atomic mass is 10.1. The van der Waals surface area contributed by atoms with E-state index in [1.807, 2.05) is 0 Å². The van der Waals surface area contributed by atoms with Gasteiger partial charge in [0.25, 0.3) is 0 Å². The molecule has 0 spiro atoms. The zero-order chi connectivity index (χ0) is 9.14. The molecule has 0 bridgehead atoms. The van der Waals surface area contributed by atoms with E-state index < -0.39 is 11.6 Å². The van der Waals surface area contributed by atoms with Crippen molar-refractivity contribution in [2.24, 2.45) is 0 Å². The summed E-state index contributed by atoms with van der Waals surface area (Å²) < 4.78 is 0. The molecule has 0 fully saturated rings.